The first-order chi connectivity index (χ1) is 8.00. The maximum absolute atomic E-state index is 12.5. The summed E-state index contributed by atoms with van der Waals surface area (Å²) in [4.78, 5) is 13.0. The summed E-state index contributed by atoms with van der Waals surface area (Å²) in [5.41, 5.74) is -0.982. The van der Waals surface area contributed by atoms with Crippen LogP contribution < -0.4 is 0 Å². The maximum Gasteiger partial charge on any atom is 0.412 e. The van der Waals surface area contributed by atoms with Crippen molar-refractivity contribution in [1.82, 2.24) is 4.90 Å². The lowest BCUT2D eigenvalue weighted by molar-refractivity contribution is -0.0923. The third kappa shape index (κ3) is 3.92. The Morgan fingerprint density at radius 1 is 1.28 bits per heavy atom. The highest BCUT2D eigenvalue weighted by molar-refractivity contribution is 5.69. The van der Waals surface area contributed by atoms with Gasteiger partial charge in [-0.3, -0.25) is 0 Å². The number of allylic oxidation sites excluding steroid dienone is 1. The van der Waals surface area contributed by atoms with Gasteiger partial charge >= 0.3 is 12.3 Å². The average molecular weight is 265 g/mol. The van der Waals surface area contributed by atoms with Crippen molar-refractivity contribution in [3.05, 3.63) is 11.1 Å². The number of nitrogens with zero attached hydrogens (tertiary/aromatic N) is 1. The lowest BCUT2D eigenvalue weighted by Gasteiger charge is -2.24. The molecule has 0 atom stereocenters. The minimum absolute atomic E-state index is 0.000255. The molecule has 1 amide bonds. The normalized spacial score (nSPS) is 20.1. The third-order valence-corrected chi connectivity index (χ3v) is 2.67. The molecule has 1 aliphatic heterocycles. The molecule has 104 valence electrons. The molecule has 0 aliphatic carbocycles. The highest BCUT2D eigenvalue weighted by Gasteiger charge is 2.36. The van der Waals surface area contributed by atoms with Crippen LogP contribution in [0.4, 0.5) is 18.0 Å². The molecular formula is C12H18F3NO2. The van der Waals surface area contributed by atoms with Crippen LogP contribution in [0.25, 0.3) is 0 Å². The van der Waals surface area contributed by atoms with Crippen molar-refractivity contribution in [1.29, 1.82) is 0 Å². The van der Waals surface area contributed by atoms with Gasteiger partial charge in [0.1, 0.15) is 5.60 Å². The van der Waals surface area contributed by atoms with Gasteiger partial charge in [0.2, 0.25) is 0 Å². The van der Waals surface area contributed by atoms with Gasteiger partial charge < -0.3 is 9.64 Å². The minimum Gasteiger partial charge on any atom is -0.444 e. The Labute approximate surface area is 105 Å². The quantitative estimate of drug-likeness (QED) is 0.627. The van der Waals surface area contributed by atoms with Crippen molar-refractivity contribution in [3.8, 4) is 0 Å². The Morgan fingerprint density at radius 3 is 2.28 bits per heavy atom. The number of alkyl halides is 3. The second kappa shape index (κ2) is 4.82. The Hall–Kier alpha value is -1.20. The van der Waals surface area contributed by atoms with E-state index in [9.17, 15) is 18.0 Å². The van der Waals surface area contributed by atoms with Crippen molar-refractivity contribution < 1.29 is 22.7 Å². The second-order valence-electron chi connectivity index (χ2n) is 5.38. The fourth-order valence-corrected chi connectivity index (χ4v) is 1.65. The number of halogens is 3. The van der Waals surface area contributed by atoms with Crippen LogP contribution in [0, 0.1) is 0 Å². The van der Waals surface area contributed by atoms with Gasteiger partial charge in [-0.25, -0.2) is 4.79 Å². The summed E-state index contributed by atoms with van der Waals surface area (Å²) >= 11 is 0. The van der Waals surface area contributed by atoms with E-state index in [1.807, 2.05) is 0 Å². The van der Waals surface area contributed by atoms with E-state index in [1.54, 1.807) is 20.8 Å². The van der Waals surface area contributed by atoms with Gasteiger partial charge in [0, 0.05) is 18.7 Å². The first-order valence-electron chi connectivity index (χ1n) is 5.74. The summed E-state index contributed by atoms with van der Waals surface area (Å²) in [5, 5.41) is 0. The predicted octanol–water partition coefficient (Wildman–Crippen LogP) is 3.51. The van der Waals surface area contributed by atoms with Crippen molar-refractivity contribution in [3.63, 3.8) is 0 Å². The molecule has 3 nitrogen and oxygen atoms in total. The van der Waals surface area contributed by atoms with Gasteiger partial charge in [-0.05, 0) is 39.7 Å². The Bertz CT molecular complexity index is 366. The van der Waals surface area contributed by atoms with Crippen LogP contribution in [0.15, 0.2) is 11.1 Å². The second-order valence-corrected chi connectivity index (χ2v) is 5.38. The zero-order chi connectivity index (χ0) is 14.1. The number of likely N-dealkylation sites (tertiary alicyclic amines) is 1. The number of amides is 1. The molecular weight excluding hydrogens is 247 g/mol. The van der Waals surface area contributed by atoms with E-state index >= 15 is 0 Å². The van der Waals surface area contributed by atoms with Gasteiger partial charge in [0.15, 0.2) is 0 Å². The van der Waals surface area contributed by atoms with E-state index in [0.717, 1.165) is 6.92 Å². The summed E-state index contributed by atoms with van der Waals surface area (Å²) in [5.74, 6) is 0. The number of carbonyl (C=O) groups is 1. The molecule has 6 heteroatoms. The van der Waals surface area contributed by atoms with Crippen LogP contribution in [-0.4, -0.2) is 35.9 Å². The summed E-state index contributed by atoms with van der Waals surface area (Å²) in [6, 6.07) is 0. The Kier molecular flexibility index (Phi) is 3.98. The lowest BCUT2D eigenvalue weighted by Crippen LogP contribution is -2.35. The lowest BCUT2D eigenvalue weighted by atomic mass is 10.1. The fraction of sp³-hybridized carbons (Fsp3) is 0.750. The molecule has 0 spiro atoms. The average Bonchev–Trinajstić information content (AvgIpc) is 2.60. The molecule has 1 saturated heterocycles. The van der Waals surface area contributed by atoms with Crippen molar-refractivity contribution in [2.75, 3.05) is 13.1 Å². The third-order valence-electron chi connectivity index (χ3n) is 2.67. The molecule has 18 heavy (non-hydrogen) atoms. The molecule has 0 aromatic rings. The van der Waals surface area contributed by atoms with Gasteiger partial charge in [0.25, 0.3) is 0 Å². The van der Waals surface area contributed by atoms with E-state index in [2.05, 4.69) is 0 Å². The molecule has 0 saturated carbocycles. The summed E-state index contributed by atoms with van der Waals surface area (Å²) in [7, 11) is 0. The molecule has 0 unspecified atom stereocenters. The molecule has 0 N–H and O–H groups in total. The highest BCUT2D eigenvalue weighted by Crippen LogP contribution is 2.31. The molecule has 0 aromatic heterocycles. The topological polar surface area (TPSA) is 29.5 Å². The van der Waals surface area contributed by atoms with Gasteiger partial charge in [-0.15, -0.1) is 0 Å². The standard InChI is InChI=1S/C12H18F3NO2/c1-8(12(13,14)15)9-5-6-16(7-9)10(17)18-11(2,3)4/h5-7H2,1-4H3/b9-8-. The number of ether oxygens (including phenoxy) is 1. The van der Waals surface area contributed by atoms with Crippen LogP contribution in [-0.2, 0) is 4.74 Å². The monoisotopic (exact) mass is 265 g/mol. The zero-order valence-electron chi connectivity index (χ0n) is 11.0. The number of rotatable bonds is 0. The Balaban J connectivity index is 2.70. The SMILES string of the molecule is C/C(=C1\CCN(C(=O)OC(C)(C)C)C1)C(F)(F)F. The molecule has 0 aromatic carbocycles. The van der Waals surface area contributed by atoms with Crippen LogP contribution in [0.3, 0.4) is 0 Å². The van der Waals surface area contributed by atoms with E-state index < -0.39 is 23.4 Å². The first kappa shape index (κ1) is 14.9. The van der Waals surface area contributed by atoms with Crippen LogP contribution in [0.5, 0.6) is 0 Å². The summed E-state index contributed by atoms with van der Waals surface area (Å²) in [6.07, 6.45) is -4.63. The van der Waals surface area contributed by atoms with E-state index in [-0.39, 0.29) is 25.1 Å². The van der Waals surface area contributed by atoms with Gasteiger partial charge in [0.05, 0.1) is 0 Å². The zero-order valence-corrected chi connectivity index (χ0v) is 11.0. The molecule has 1 heterocycles. The minimum atomic E-state index is -4.32. The fourth-order valence-electron chi connectivity index (χ4n) is 1.65. The number of carbonyl (C=O) groups excluding carboxylic acids is 1. The van der Waals surface area contributed by atoms with Crippen LogP contribution >= 0.6 is 0 Å². The van der Waals surface area contributed by atoms with Crippen molar-refractivity contribution >= 4 is 6.09 Å². The number of hydrogen-bond acceptors (Lipinski definition) is 2. The van der Waals surface area contributed by atoms with Crippen molar-refractivity contribution in [2.45, 2.75) is 45.9 Å². The maximum atomic E-state index is 12.5. The van der Waals surface area contributed by atoms with Crippen molar-refractivity contribution in [2.24, 2.45) is 0 Å². The van der Waals surface area contributed by atoms with Gasteiger partial charge in [-0.1, -0.05) is 0 Å². The molecule has 1 aliphatic rings. The van der Waals surface area contributed by atoms with Crippen LogP contribution in [0.2, 0.25) is 0 Å². The first-order valence-corrected chi connectivity index (χ1v) is 5.74. The largest absolute Gasteiger partial charge is 0.444 e. The number of hydrogen-bond donors (Lipinski definition) is 0. The van der Waals surface area contributed by atoms with E-state index in [1.165, 1.54) is 4.90 Å². The van der Waals surface area contributed by atoms with Gasteiger partial charge in [-0.2, -0.15) is 13.2 Å². The smallest absolute Gasteiger partial charge is 0.412 e. The predicted molar refractivity (Wildman–Crippen MR) is 61.2 cm³/mol. The van der Waals surface area contributed by atoms with E-state index in [4.69, 9.17) is 4.74 Å². The highest BCUT2D eigenvalue weighted by atomic mass is 19.4. The molecule has 0 bridgehead atoms. The summed E-state index contributed by atoms with van der Waals surface area (Å²) < 4.78 is 42.6. The molecule has 1 rings (SSSR count). The van der Waals surface area contributed by atoms with Crippen LogP contribution in [0.1, 0.15) is 34.1 Å². The Morgan fingerprint density at radius 2 is 1.83 bits per heavy atom. The molecule has 0 radical (unpaired) electrons. The molecule has 1 fully saturated rings. The van der Waals surface area contributed by atoms with E-state index in [0.29, 0.717) is 0 Å². The summed E-state index contributed by atoms with van der Waals surface area (Å²) in [6.45, 7) is 6.49.